The molecule has 0 N–H and O–H groups in total. The van der Waals surface area contributed by atoms with Gasteiger partial charge >= 0.3 is 0 Å². The van der Waals surface area contributed by atoms with E-state index in [1.54, 1.807) is 0 Å². The number of hydrogen-bond donors (Lipinski definition) is 0. The lowest BCUT2D eigenvalue weighted by molar-refractivity contribution is 0.134. The summed E-state index contributed by atoms with van der Waals surface area (Å²) in [5.41, 5.74) is 0. The molecule has 0 aromatic carbocycles. The first kappa shape index (κ1) is 12.0. The molecular formula is C10H19ClO. The molecule has 0 fully saturated rings. The quantitative estimate of drug-likeness (QED) is 0.324. The van der Waals surface area contributed by atoms with E-state index in [4.69, 9.17) is 16.3 Å². The average molecular weight is 191 g/mol. The molecule has 0 saturated carbocycles. The van der Waals surface area contributed by atoms with E-state index in [1.165, 1.54) is 19.3 Å². The number of rotatable bonds is 8. The first-order valence-corrected chi connectivity index (χ1v) is 5.24. The van der Waals surface area contributed by atoms with Crippen LogP contribution in [0.25, 0.3) is 0 Å². The van der Waals surface area contributed by atoms with Gasteiger partial charge in [0.2, 0.25) is 0 Å². The van der Waals surface area contributed by atoms with Crippen molar-refractivity contribution in [2.24, 2.45) is 0 Å². The third-order valence-corrected chi connectivity index (χ3v) is 1.76. The molecule has 0 aromatic heterocycles. The molecule has 0 amide bonds. The van der Waals surface area contributed by atoms with E-state index in [1.807, 2.05) is 6.08 Å². The van der Waals surface area contributed by atoms with Gasteiger partial charge in [-0.15, -0.1) is 11.6 Å². The van der Waals surface area contributed by atoms with Crippen LogP contribution in [0.4, 0.5) is 0 Å². The zero-order valence-electron chi connectivity index (χ0n) is 7.89. The molecule has 0 rings (SSSR count). The zero-order valence-corrected chi connectivity index (χ0v) is 8.65. The highest BCUT2D eigenvalue weighted by atomic mass is 35.5. The Bertz CT molecular complexity index is 102. The maximum absolute atomic E-state index is 5.46. The molecule has 0 aromatic rings. The van der Waals surface area contributed by atoms with Crippen molar-refractivity contribution in [1.82, 2.24) is 0 Å². The fourth-order valence-electron chi connectivity index (χ4n) is 0.888. The van der Waals surface area contributed by atoms with E-state index in [0.717, 1.165) is 19.6 Å². The Balaban J connectivity index is 2.86. The molecule has 0 saturated heterocycles. The Kier molecular flexibility index (Phi) is 11.0. The third-order valence-electron chi connectivity index (χ3n) is 1.58. The summed E-state index contributed by atoms with van der Waals surface area (Å²) in [6.45, 7) is 3.93. The van der Waals surface area contributed by atoms with E-state index < -0.39 is 0 Å². The second-order valence-electron chi connectivity index (χ2n) is 2.73. The van der Waals surface area contributed by atoms with Gasteiger partial charge in [-0.2, -0.15) is 0 Å². The van der Waals surface area contributed by atoms with E-state index >= 15 is 0 Å². The number of ether oxygens (including phenoxy) is 1. The average Bonchev–Trinajstić information content (AvgIpc) is 2.10. The van der Waals surface area contributed by atoms with Crippen molar-refractivity contribution < 1.29 is 4.74 Å². The lowest BCUT2D eigenvalue weighted by atomic mass is 10.3. The number of halogens is 1. The summed E-state index contributed by atoms with van der Waals surface area (Å²) in [4.78, 5) is 0. The first-order chi connectivity index (χ1) is 5.91. The third kappa shape index (κ3) is 9.99. The lowest BCUT2D eigenvalue weighted by Crippen LogP contribution is -1.95. The minimum atomic E-state index is 0.607. The van der Waals surface area contributed by atoms with Crippen molar-refractivity contribution in [2.45, 2.75) is 32.6 Å². The second kappa shape index (κ2) is 11.0. The second-order valence-corrected chi connectivity index (χ2v) is 3.04. The maximum Gasteiger partial charge on any atom is 0.0500 e. The monoisotopic (exact) mass is 190 g/mol. The topological polar surface area (TPSA) is 9.23 Å². The number of hydrogen-bond acceptors (Lipinski definition) is 1. The van der Waals surface area contributed by atoms with Gasteiger partial charge in [-0.05, 0) is 12.8 Å². The van der Waals surface area contributed by atoms with Crippen LogP contribution in [-0.2, 0) is 4.74 Å². The van der Waals surface area contributed by atoms with Crippen molar-refractivity contribution in [1.29, 1.82) is 0 Å². The van der Waals surface area contributed by atoms with Crippen LogP contribution in [0, 0.1) is 0 Å². The molecule has 0 heterocycles. The molecule has 2 heteroatoms. The molecule has 0 bridgehead atoms. The molecule has 0 unspecified atom stereocenters. The van der Waals surface area contributed by atoms with Gasteiger partial charge in [0.15, 0.2) is 0 Å². The lowest BCUT2D eigenvalue weighted by Gasteiger charge is -2.00. The molecule has 1 nitrogen and oxygen atoms in total. The Morgan fingerprint density at radius 1 is 1.17 bits per heavy atom. The van der Waals surface area contributed by atoms with Crippen LogP contribution >= 0.6 is 11.6 Å². The molecule has 0 aliphatic heterocycles. The summed E-state index contributed by atoms with van der Waals surface area (Å²) >= 11 is 5.46. The van der Waals surface area contributed by atoms with Crippen molar-refractivity contribution in [3.8, 4) is 0 Å². The van der Waals surface area contributed by atoms with E-state index in [9.17, 15) is 0 Å². The largest absolute Gasteiger partial charge is 0.381 e. The Labute approximate surface area is 80.8 Å². The summed E-state index contributed by atoms with van der Waals surface area (Å²) in [7, 11) is 0. The van der Waals surface area contributed by atoms with Crippen LogP contribution in [0.1, 0.15) is 32.6 Å². The van der Waals surface area contributed by atoms with E-state index in [-0.39, 0.29) is 0 Å². The van der Waals surface area contributed by atoms with Crippen LogP contribution < -0.4 is 0 Å². The fourth-order valence-corrected chi connectivity index (χ4v) is 1.01. The predicted molar refractivity (Wildman–Crippen MR) is 54.8 cm³/mol. The normalized spacial score (nSPS) is 11.2. The number of allylic oxidation sites excluding steroid dienone is 1. The number of unbranched alkanes of at least 4 members (excludes halogenated alkanes) is 2. The molecule has 0 spiro atoms. The summed E-state index contributed by atoms with van der Waals surface area (Å²) in [5, 5.41) is 0. The summed E-state index contributed by atoms with van der Waals surface area (Å²) < 4.78 is 5.39. The van der Waals surface area contributed by atoms with Gasteiger partial charge in [0.1, 0.15) is 0 Å². The highest BCUT2D eigenvalue weighted by Gasteiger charge is 1.86. The minimum absolute atomic E-state index is 0.607. The van der Waals surface area contributed by atoms with Crippen LogP contribution in [0.5, 0.6) is 0 Å². The zero-order chi connectivity index (χ0) is 9.07. The molecule has 0 radical (unpaired) electrons. The summed E-state index contributed by atoms with van der Waals surface area (Å²) in [5.74, 6) is 0.607. The van der Waals surface area contributed by atoms with Crippen molar-refractivity contribution >= 4 is 11.6 Å². The summed E-state index contributed by atoms with van der Waals surface area (Å²) in [6, 6.07) is 0. The smallest absolute Gasteiger partial charge is 0.0500 e. The van der Waals surface area contributed by atoms with Gasteiger partial charge in [0.25, 0.3) is 0 Å². The van der Waals surface area contributed by atoms with Crippen molar-refractivity contribution in [3.63, 3.8) is 0 Å². The molecule has 12 heavy (non-hydrogen) atoms. The first-order valence-electron chi connectivity index (χ1n) is 4.70. The van der Waals surface area contributed by atoms with Crippen LogP contribution in [0.2, 0.25) is 0 Å². The Morgan fingerprint density at radius 3 is 2.67 bits per heavy atom. The molecule has 72 valence electrons. The van der Waals surface area contributed by atoms with Gasteiger partial charge in [-0.3, -0.25) is 0 Å². The molecule has 0 atom stereocenters. The van der Waals surface area contributed by atoms with E-state index in [2.05, 4.69) is 13.0 Å². The highest BCUT2D eigenvalue weighted by molar-refractivity contribution is 6.18. The SMILES string of the molecule is CCCCCOCCC=CCCl. The van der Waals surface area contributed by atoms with Gasteiger partial charge in [0, 0.05) is 12.5 Å². The maximum atomic E-state index is 5.46. The Hall–Kier alpha value is -0.0100. The molecular weight excluding hydrogens is 172 g/mol. The molecule has 0 aliphatic rings. The van der Waals surface area contributed by atoms with Crippen molar-refractivity contribution in [2.75, 3.05) is 19.1 Å². The fraction of sp³-hybridized carbons (Fsp3) is 0.800. The van der Waals surface area contributed by atoms with E-state index in [0.29, 0.717) is 5.88 Å². The van der Waals surface area contributed by atoms with Crippen molar-refractivity contribution in [3.05, 3.63) is 12.2 Å². The van der Waals surface area contributed by atoms with Gasteiger partial charge in [-0.25, -0.2) is 0 Å². The number of alkyl halides is 1. The van der Waals surface area contributed by atoms with Gasteiger partial charge < -0.3 is 4.74 Å². The van der Waals surface area contributed by atoms with Crippen LogP contribution in [0.15, 0.2) is 12.2 Å². The molecule has 0 aliphatic carbocycles. The van der Waals surface area contributed by atoms with Gasteiger partial charge in [-0.1, -0.05) is 31.9 Å². The Morgan fingerprint density at radius 2 is 2.00 bits per heavy atom. The highest BCUT2D eigenvalue weighted by Crippen LogP contribution is 1.95. The van der Waals surface area contributed by atoms with Crippen LogP contribution in [-0.4, -0.2) is 19.1 Å². The standard InChI is InChI=1S/C10H19ClO/c1-2-3-6-9-12-10-7-4-5-8-11/h4-5H,2-3,6-10H2,1H3. The van der Waals surface area contributed by atoms with Gasteiger partial charge in [0.05, 0.1) is 6.61 Å². The minimum Gasteiger partial charge on any atom is -0.381 e. The van der Waals surface area contributed by atoms with Crippen LogP contribution in [0.3, 0.4) is 0 Å². The predicted octanol–water partition coefficient (Wildman–Crippen LogP) is 3.38. The summed E-state index contributed by atoms with van der Waals surface area (Å²) in [6.07, 6.45) is 8.73.